The molecule has 5 rings (SSSR count). The molecule has 0 bridgehead atoms. The van der Waals surface area contributed by atoms with Crippen molar-refractivity contribution in [3.05, 3.63) is 129 Å². The van der Waals surface area contributed by atoms with Gasteiger partial charge >= 0.3 is 5.69 Å². The number of fused-ring (bicyclic) bond motifs is 1. The number of para-hydroxylation sites is 1. The van der Waals surface area contributed by atoms with E-state index in [1.807, 2.05) is 18.2 Å². The number of nitro groups is 1. The standard InChI is InChI=1S/C29H20FN5O5/c30-21-9-6-10-22(16-21)32-27(36)18-40-26-14-13-19(15-25(26)35(38)39)17-31-34-28(20-7-2-1-3-8-20)33-24-12-5-4-11-23(24)29(34)37/h1-17H,18H2,(H,32,36). The summed E-state index contributed by atoms with van der Waals surface area (Å²) in [5, 5.41) is 18.9. The highest BCUT2D eigenvalue weighted by Gasteiger charge is 2.18. The molecule has 1 amide bonds. The molecule has 1 aromatic heterocycles. The maximum atomic E-state index is 13.3. The summed E-state index contributed by atoms with van der Waals surface area (Å²) < 4.78 is 19.8. The minimum absolute atomic E-state index is 0.147. The summed E-state index contributed by atoms with van der Waals surface area (Å²) in [6, 6.07) is 25.3. The summed E-state index contributed by atoms with van der Waals surface area (Å²) in [5.74, 6) is -0.989. The van der Waals surface area contributed by atoms with E-state index < -0.39 is 34.5 Å². The fourth-order valence-corrected chi connectivity index (χ4v) is 3.92. The lowest BCUT2D eigenvalue weighted by Gasteiger charge is -2.10. The van der Waals surface area contributed by atoms with Crippen LogP contribution in [0.2, 0.25) is 0 Å². The fourth-order valence-electron chi connectivity index (χ4n) is 3.92. The molecule has 4 aromatic carbocycles. The van der Waals surface area contributed by atoms with Gasteiger partial charge in [-0.25, -0.2) is 9.37 Å². The first kappa shape index (κ1) is 25.9. The quantitative estimate of drug-likeness (QED) is 0.168. The van der Waals surface area contributed by atoms with Gasteiger partial charge < -0.3 is 10.1 Å². The number of rotatable bonds is 8. The van der Waals surface area contributed by atoms with Crippen LogP contribution in [0, 0.1) is 15.9 Å². The maximum Gasteiger partial charge on any atom is 0.311 e. The first-order chi connectivity index (χ1) is 19.4. The highest BCUT2D eigenvalue weighted by Crippen LogP contribution is 2.28. The number of anilines is 1. The molecule has 0 aliphatic rings. The smallest absolute Gasteiger partial charge is 0.311 e. The molecule has 198 valence electrons. The highest BCUT2D eigenvalue weighted by molar-refractivity contribution is 5.92. The summed E-state index contributed by atoms with van der Waals surface area (Å²) in [6.45, 7) is -0.538. The molecule has 0 atom stereocenters. The molecule has 1 heterocycles. The minimum atomic E-state index is -0.656. The van der Waals surface area contributed by atoms with Crippen LogP contribution in [0.25, 0.3) is 22.3 Å². The van der Waals surface area contributed by atoms with Crippen molar-refractivity contribution in [1.29, 1.82) is 0 Å². The first-order valence-corrected chi connectivity index (χ1v) is 12.0. The Bertz CT molecular complexity index is 1820. The number of aromatic nitrogens is 2. The molecule has 40 heavy (non-hydrogen) atoms. The van der Waals surface area contributed by atoms with Crippen LogP contribution in [0.3, 0.4) is 0 Å². The normalized spacial score (nSPS) is 11.0. The topological polar surface area (TPSA) is 129 Å². The molecule has 1 N–H and O–H groups in total. The molecule has 0 saturated heterocycles. The lowest BCUT2D eigenvalue weighted by atomic mass is 10.2. The van der Waals surface area contributed by atoms with E-state index in [1.165, 1.54) is 42.6 Å². The number of carbonyl (C=O) groups is 1. The monoisotopic (exact) mass is 537 g/mol. The van der Waals surface area contributed by atoms with Crippen LogP contribution in [0.1, 0.15) is 5.56 Å². The third kappa shape index (κ3) is 5.73. The molecule has 0 saturated carbocycles. The number of nitro benzene ring substituents is 1. The van der Waals surface area contributed by atoms with Gasteiger partial charge in [-0.15, -0.1) is 0 Å². The van der Waals surface area contributed by atoms with Crippen LogP contribution < -0.4 is 15.6 Å². The van der Waals surface area contributed by atoms with Crippen LogP contribution in [0.4, 0.5) is 15.8 Å². The Morgan fingerprint density at radius 2 is 1.80 bits per heavy atom. The van der Waals surface area contributed by atoms with Gasteiger partial charge in [-0.05, 0) is 42.5 Å². The van der Waals surface area contributed by atoms with Gasteiger partial charge in [0.25, 0.3) is 11.5 Å². The van der Waals surface area contributed by atoms with Crippen LogP contribution in [0.5, 0.6) is 5.75 Å². The molecular formula is C29H20FN5O5. The van der Waals surface area contributed by atoms with Crippen LogP contribution in [0.15, 0.2) is 107 Å². The van der Waals surface area contributed by atoms with Crippen molar-refractivity contribution in [3.63, 3.8) is 0 Å². The Morgan fingerprint density at radius 1 is 1.02 bits per heavy atom. The number of hydrogen-bond donors (Lipinski definition) is 1. The lowest BCUT2D eigenvalue weighted by molar-refractivity contribution is -0.385. The van der Waals surface area contributed by atoms with Crippen molar-refractivity contribution in [3.8, 4) is 17.1 Å². The van der Waals surface area contributed by atoms with Crippen LogP contribution in [-0.2, 0) is 4.79 Å². The molecule has 0 radical (unpaired) electrons. The predicted octanol–water partition coefficient (Wildman–Crippen LogP) is 5.01. The van der Waals surface area contributed by atoms with Crippen molar-refractivity contribution in [2.24, 2.45) is 5.10 Å². The van der Waals surface area contributed by atoms with Crippen LogP contribution in [-0.4, -0.2) is 33.3 Å². The van der Waals surface area contributed by atoms with E-state index in [1.54, 1.807) is 36.4 Å². The molecular weight excluding hydrogens is 517 g/mol. The van der Waals surface area contributed by atoms with Crippen molar-refractivity contribution < 1.29 is 18.8 Å². The van der Waals surface area contributed by atoms with Gasteiger partial charge in [0.05, 0.1) is 22.0 Å². The zero-order valence-corrected chi connectivity index (χ0v) is 20.7. The Balaban J connectivity index is 1.42. The SMILES string of the molecule is O=C(COc1ccc(C=Nn2c(-c3ccccc3)nc3ccccc3c2=O)cc1[N+](=O)[O-])Nc1cccc(F)c1. The van der Waals surface area contributed by atoms with E-state index in [9.17, 15) is 24.1 Å². The molecule has 0 aliphatic heterocycles. The second-order valence-corrected chi connectivity index (χ2v) is 8.51. The van der Waals surface area contributed by atoms with Gasteiger partial charge in [-0.1, -0.05) is 48.5 Å². The first-order valence-electron chi connectivity index (χ1n) is 12.0. The summed E-state index contributed by atoms with van der Waals surface area (Å²) in [6.07, 6.45) is 1.30. The third-order valence-electron chi connectivity index (χ3n) is 5.75. The van der Waals surface area contributed by atoms with E-state index in [2.05, 4.69) is 15.4 Å². The summed E-state index contributed by atoms with van der Waals surface area (Å²) in [4.78, 5) is 41.2. The fraction of sp³-hybridized carbons (Fsp3) is 0.0345. The van der Waals surface area contributed by atoms with Gasteiger partial charge in [-0.2, -0.15) is 9.78 Å². The zero-order chi connectivity index (χ0) is 28.1. The Morgan fingerprint density at radius 3 is 2.58 bits per heavy atom. The van der Waals surface area contributed by atoms with Gasteiger partial charge in [0, 0.05) is 22.9 Å². The van der Waals surface area contributed by atoms with E-state index in [0.29, 0.717) is 27.9 Å². The van der Waals surface area contributed by atoms with Gasteiger partial charge in [0.15, 0.2) is 18.2 Å². The van der Waals surface area contributed by atoms with Crippen LogP contribution >= 0.6 is 0 Å². The summed E-state index contributed by atoms with van der Waals surface area (Å²) in [5.41, 5.74) is 0.893. The Hall–Kier alpha value is -5.71. The number of carbonyl (C=O) groups excluding carboxylic acids is 1. The predicted molar refractivity (Wildman–Crippen MR) is 148 cm³/mol. The molecule has 0 spiro atoms. The van der Waals surface area contributed by atoms with Crippen molar-refractivity contribution in [2.45, 2.75) is 0 Å². The average Bonchev–Trinajstić information content (AvgIpc) is 2.96. The largest absolute Gasteiger partial charge is 0.477 e. The maximum absolute atomic E-state index is 13.3. The molecule has 5 aromatic rings. The minimum Gasteiger partial charge on any atom is -0.477 e. The number of amides is 1. The van der Waals surface area contributed by atoms with E-state index in [0.717, 1.165) is 10.7 Å². The molecule has 0 unspecified atom stereocenters. The molecule has 0 aliphatic carbocycles. The van der Waals surface area contributed by atoms with Crippen molar-refractivity contribution >= 4 is 34.4 Å². The summed E-state index contributed by atoms with van der Waals surface area (Å²) in [7, 11) is 0. The molecule has 11 heteroatoms. The number of ether oxygens (including phenoxy) is 1. The van der Waals surface area contributed by atoms with Crippen molar-refractivity contribution in [2.75, 3.05) is 11.9 Å². The van der Waals surface area contributed by atoms with Gasteiger partial charge in [-0.3, -0.25) is 19.7 Å². The van der Waals surface area contributed by atoms with Crippen molar-refractivity contribution in [1.82, 2.24) is 9.66 Å². The lowest BCUT2D eigenvalue weighted by Crippen LogP contribution is -2.20. The van der Waals surface area contributed by atoms with E-state index in [-0.39, 0.29) is 11.4 Å². The second-order valence-electron chi connectivity index (χ2n) is 8.51. The Kier molecular flexibility index (Phi) is 7.36. The zero-order valence-electron chi connectivity index (χ0n) is 20.7. The molecule has 10 nitrogen and oxygen atoms in total. The number of benzene rings is 4. The molecule has 0 fully saturated rings. The number of halogens is 1. The average molecular weight is 538 g/mol. The van der Waals surface area contributed by atoms with E-state index in [4.69, 9.17) is 4.74 Å². The highest BCUT2D eigenvalue weighted by atomic mass is 19.1. The van der Waals surface area contributed by atoms with E-state index >= 15 is 0 Å². The van der Waals surface area contributed by atoms with Gasteiger partial charge in [0.1, 0.15) is 5.82 Å². The number of nitrogens with one attached hydrogen (secondary N) is 1. The number of hydrogen-bond acceptors (Lipinski definition) is 7. The third-order valence-corrected chi connectivity index (χ3v) is 5.75. The number of nitrogens with zero attached hydrogens (tertiary/aromatic N) is 4. The second kappa shape index (κ2) is 11.4. The summed E-state index contributed by atoms with van der Waals surface area (Å²) >= 11 is 0. The van der Waals surface area contributed by atoms with Gasteiger partial charge in [0.2, 0.25) is 0 Å². The Labute approximate surface area is 226 Å².